The monoisotopic (exact) mass is 289 g/mol. The highest BCUT2D eigenvalue weighted by Crippen LogP contribution is 2.19. The van der Waals surface area contributed by atoms with Gasteiger partial charge in [0.15, 0.2) is 0 Å². The number of urea groups is 1. The van der Waals surface area contributed by atoms with E-state index in [4.69, 9.17) is 5.73 Å². The molecule has 3 N–H and O–H groups in total. The maximum Gasteiger partial charge on any atom is 0.406 e. The summed E-state index contributed by atoms with van der Waals surface area (Å²) in [6.07, 6.45) is -4.42. The van der Waals surface area contributed by atoms with Crippen LogP contribution >= 0.6 is 0 Å². The van der Waals surface area contributed by atoms with Gasteiger partial charge >= 0.3 is 12.2 Å². The highest BCUT2D eigenvalue weighted by molar-refractivity contribution is 5.89. The molecule has 1 aromatic rings. The van der Waals surface area contributed by atoms with Crippen LogP contribution < -0.4 is 11.1 Å². The number of nitrogens with two attached hydrogens (primary N) is 1. The van der Waals surface area contributed by atoms with Crippen molar-refractivity contribution in [2.24, 2.45) is 5.73 Å². The first kappa shape index (κ1) is 16.3. The van der Waals surface area contributed by atoms with Crippen molar-refractivity contribution in [1.82, 2.24) is 4.90 Å². The largest absolute Gasteiger partial charge is 0.406 e. The van der Waals surface area contributed by atoms with E-state index in [9.17, 15) is 18.0 Å². The van der Waals surface area contributed by atoms with E-state index in [1.165, 1.54) is 6.92 Å². The molecule has 2 amide bonds. The molecule has 0 aliphatic heterocycles. The van der Waals surface area contributed by atoms with Crippen molar-refractivity contribution in [3.8, 4) is 0 Å². The molecule has 1 unspecified atom stereocenters. The number of anilines is 1. The van der Waals surface area contributed by atoms with Crippen LogP contribution in [-0.2, 0) is 0 Å². The minimum Gasteiger partial charge on any atom is -0.324 e. The van der Waals surface area contributed by atoms with Crippen LogP contribution in [-0.4, -0.2) is 30.2 Å². The van der Waals surface area contributed by atoms with Crippen LogP contribution in [0.3, 0.4) is 0 Å². The number of carbonyl (C=O) groups excluding carboxylic acids is 1. The first-order valence-corrected chi connectivity index (χ1v) is 6.21. The number of rotatable bonds is 4. The summed E-state index contributed by atoms with van der Waals surface area (Å²) in [5.41, 5.74) is 6.93. The van der Waals surface area contributed by atoms with Gasteiger partial charge in [-0.1, -0.05) is 12.1 Å². The molecule has 0 bridgehead atoms. The predicted octanol–water partition coefficient (Wildman–Crippen LogP) is 3.12. The molecular weight excluding hydrogens is 271 g/mol. The molecule has 1 atom stereocenters. The summed E-state index contributed by atoms with van der Waals surface area (Å²) >= 11 is 0. The third kappa shape index (κ3) is 5.08. The topological polar surface area (TPSA) is 58.4 Å². The Labute approximate surface area is 115 Å². The molecular formula is C13H18F3N3O. The normalized spacial score (nSPS) is 12.9. The number of carbonyl (C=O) groups is 1. The zero-order valence-electron chi connectivity index (χ0n) is 11.4. The fourth-order valence-electron chi connectivity index (χ4n) is 1.65. The van der Waals surface area contributed by atoms with Gasteiger partial charge in [0, 0.05) is 18.3 Å². The molecule has 4 nitrogen and oxygen atoms in total. The Kier molecular flexibility index (Phi) is 5.38. The molecule has 0 fully saturated rings. The third-order valence-corrected chi connectivity index (χ3v) is 2.70. The summed E-state index contributed by atoms with van der Waals surface area (Å²) in [5.74, 6) is 0. The fraction of sp³-hybridized carbons (Fsp3) is 0.462. The smallest absolute Gasteiger partial charge is 0.324 e. The molecule has 0 aliphatic rings. The molecule has 1 aromatic carbocycles. The quantitative estimate of drug-likeness (QED) is 0.894. The van der Waals surface area contributed by atoms with Crippen molar-refractivity contribution in [2.45, 2.75) is 26.1 Å². The van der Waals surface area contributed by atoms with Crippen LogP contribution in [0.1, 0.15) is 25.5 Å². The van der Waals surface area contributed by atoms with Crippen LogP contribution in [0.5, 0.6) is 0 Å². The van der Waals surface area contributed by atoms with Crippen molar-refractivity contribution in [2.75, 3.05) is 18.4 Å². The van der Waals surface area contributed by atoms with Gasteiger partial charge in [-0.15, -0.1) is 0 Å². The van der Waals surface area contributed by atoms with Crippen molar-refractivity contribution >= 4 is 11.7 Å². The van der Waals surface area contributed by atoms with Crippen molar-refractivity contribution < 1.29 is 18.0 Å². The van der Waals surface area contributed by atoms with Gasteiger partial charge in [-0.25, -0.2) is 4.79 Å². The first-order valence-electron chi connectivity index (χ1n) is 6.21. The Balaban J connectivity index is 2.76. The molecule has 0 heterocycles. The average Bonchev–Trinajstić information content (AvgIpc) is 2.35. The lowest BCUT2D eigenvalue weighted by atomic mass is 10.1. The summed E-state index contributed by atoms with van der Waals surface area (Å²) in [4.78, 5) is 12.5. The minimum absolute atomic E-state index is 0.0294. The summed E-state index contributed by atoms with van der Waals surface area (Å²) in [5, 5.41) is 2.44. The number of halogens is 3. The molecule has 0 radical (unpaired) electrons. The van der Waals surface area contributed by atoms with E-state index in [0.29, 0.717) is 10.6 Å². The van der Waals surface area contributed by atoms with Gasteiger partial charge in [0.1, 0.15) is 6.54 Å². The molecule has 0 saturated carbocycles. The van der Waals surface area contributed by atoms with Gasteiger partial charge < -0.3 is 16.0 Å². The molecule has 20 heavy (non-hydrogen) atoms. The van der Waals surface area contributed by atoms with E-state index in [1.54, 1.807) is 31.2 Å². The molecule has 7 heteroatoms. The maximum atomic E-state index is 12.3. The standard InChI is InChI=1S/C13H18F3N3O/c1-3-19(8-13(14,15)16)12(20)18-11-6-4-5-10(7-11)9(2)17/h4-7,9H,3,8,17H2,1-2H3,(H,18,20). The van der Waals surface area contributed by atoms with E-state index in [-0.39, 0.29) is 12.6 Å². The highest BCUT2D eigenvalue weighted by atomic mass is 19.4. The molecule has 0 spiro atoms. The number of benzene rings is 1. The summed E-state index contributed by atoms with van der Waals surface area (Å²) in [7, 11) is 0. The number of alkyl halides is 3. The zero-order valence-corrected chi connectivity index (χ0v) is 11.4. The molecule has 0 aliphatic carbocycles. The number of hydrogen-bond donors (Lipinski definition) is 2. The molecule has 0 saturated heterocycles. The zero-order chi connectivity index (χ0) is 15.3. The first-order chi connectivity index (χ1) is 9.23. The predicted molar refractivity (Wildman–Crippen MR) is 71.4 cm³/mol. The van der Waals surface area contributed by atoms with Crippen LogP contribution in [0.15, 0.2) is 24.3 Å². The van der Waals surface area contributed by atoms with Gasteiger partial charge in [0.05, 0.1) is 0 Å². The number of nitrogens with zero attached hydrogens (tertiary/aromatic N) is 1. The highest BCUT2D eigenvalue weighted by Gasteiger charge is 2.32. The van der Waals surface area contributed by atoms with Crippen molar-refractivity contribution in [3.63, 3.8) is 0 Å². The van der Waals surface area contributed by atoms with E-state index >= 15 is 0 Å². The van der Waals surface area contributed by atoms with E-state index < -0.39 is 18.8 Å². The Morgan fingerprint density at radius 1 is 1.45 bits per heavy atom. The lowest BCUT2D eigenvalue weighted by Gasteiger charge is -2.22. The second-order valence-corrected chi connectivity index (χ2v) is 4.47. The minimum atomic E-state index is -4.42. The van der Waals surface area contributed by atoms with Crippen LogP contribution in [0, 0.1) is 0 Å². The third-order valence-electron chi connectivity index (χ3n) is 2.70. The number of amides is 2. The van der Waals surface area contributed by atoms with Gasteiger partial charge in [0.25, 0.3) is 0 Å². The second kappa shape index (κ2) is 6.60. The Bertz CT molecular complexity index is 460. The molecule has 0 aromatic heterocycles. The van der Waals surface area contributed by atoms with E-state index in [1.807, 2.05) is 0 Å². The lowest BCUT2D eigenvalue weighted by Crippen LogP contribution is -2.41. The van der Waals surface area contributed by atoms with Gasteiger partial charge in [-0.05, 0) is 31.5 Å². The van der Waals surface area contributed by atoms with E-state index in [0.717, 1.165) is 5.56 Å². The summed E-state index contributed by atoms with van der Waals surface area (Å²) in [6.45, 7) is 1.97. The number of nitrogens with one attached hydrogen (secondary N) is 1. The summed E-state index contributed by atoms with van der Waals surface area (Å²) in [6, 6.07) is 5.72. The fourth-order valence-corrected chi connectivity index (χ4v) is 1.65. The molecule has 1 rings (SSSR count). The van der Waals surface area contributed by atoms with Crippen molar-refractivity contribution in [3.05, 3.63) is 29.8 Å². The van der Waals surface area contributed by atoms with Crippen molar-refractivity contribution in [1.29, 1.82) is 0 Å². The Morgan fingerprint density at radius 3 is 2.60 bits per heavy atom. The number of hydrogen-bond acceptors (Lipinski definition) is 2. The van der Waals surface area contributed by atoms with Gasteiger partial charge in [-0.2, -0.15) is 13.2 Å². The summed E-state index contributed by atoms with van der Waals surface area (Å²) < 4.78 is 37.0. The SMILES string of the molecule is CCN(CC(F)(F)F)C(=O)Nc1cccc(C(C)N)c1. The van der Waals surface area contributed by atoms with E-state index in [2.05, 4.69) is 5.32 Å². The van der Waals surface area contributed by atoms with Crippen LogP contribution in [0.2, 0.25) is 0 Å². The maximum absolute atomic E-state index is 12.3. The Morgan fingerprint density at radius 2 is 2.10 bits per heavy atom. The lowest BCUT2D eigenvalue weighted by molar-refractivity contribution is -0.139. The van der Waals surface area contributed by atoms with Crippen LogP contribution in [0.25, 0.3) is 0 Å². The van der Waals surface area contributed by atoms with Gasteiger partial charge in [0.2, 0.25) is 0 Å². The van der Waals surface area contributed by atoms with Crippen LogP contribution in [0.4, 0.5) is 23.7 Å². The Hall–Kier alpha value is -1.76. The molecule has 112 valence electrons. The average molecular weight is 289 g/mol. The van der Waals surface area contributed by atoms with Gasteiger partial charge in [-0.3, -0.25) is 0 Å². The second-order valence-electron chi connectivity index (χ2n) is 4.47.